The predicted octanol–water partition coefficient (Wildman–Crippen LogP) is 2.39. The Bertz CT molecular complexity index is 484. The van der Waals surface area contributed by atoms with E-state index in [1.54, 1.807) is 6.92 Å². The second-order valence-electron chi connectivity index (χ2n) is 5.29. The number of esters is 1. The van der Waals surface area contributed by atoms with E-state index in [2.05, 4.69) is 5.32 Å². The molecule has 0 aliphatic rings. The smallest absolute Gasteiger partial charge is 0.331 e. The van der Waals surface area contributed by atoms with E-state index < -0.39 is 11.5 Å². The fourth-order valence-corrected chi connectivity index (χ4v) is 2.30. The molecule has 0 saturated heterocycles. The van der Waals surface area contributed by atoms with Crippen molar-refractivity contribution in [3.05, 3.63) is 35.4 Å². The molecule has 1 aromatic rings. The van der Waals surface area contributed by atoms with E-state index in [0.29, 0.717) is 6.42 Å². The molecule has 1 atom stereocenters. The molecule has 0 aliphatic heterocycles. The average molecular weight is 277 g/mol. The number of amides is 1. The molecule has 1 unspecified atom stereocenters. The zero-order chi connectivity index (χ0) is 15.2. The molecule has 0 aromatic heterocycles. The summed E-state index contributed by atoms with van der Waals surface area (Å²) < 4.78 is 4.78. The molecular weight excluding hydrogens is 254 g/mol. The highest BCUT2D eigenvalue weighted by molar-refractivity contribution is 5.88. The first-order valence-electron chi connectivity index (χ1n) is 6.86. The highest BCUT2D eigenvalue weighted by Gasteiger charge is 2.34. The van der Waals surface area contributed by atoms with Crippen LogP contribution in [0.4, 0.5) is 0 Å². The summed E-state index contributed by atoms with van der Waals surface area (Å²) in [6.45, 7) is 5.65. The summed E-state index contributed by atoms with van der Waals surface area (Å²) in [5.41, 5.74) is 1.09. The second kappa shape index (κ2) is 7.08. The lowest BCUT2D eigenvalue weighted by Gasteiger charge is -2.27. The topological polar surface area (TPSA) is 55.4 Å². The number of rotatable bonds is 6. The molecule has 0 fully saturated rings. The third-order valence-corrected chi connectivity index (χ3v) is 3.25. The first-order valence-corrected chi connectivity index (χ1v) is 6.86. The van der Waals surface area contributed by atoms with Gasteiger partial charge >= 0.3 is 5.97 Å². The number of ether oxygens (including phenoxy) is 1. The Morgan fingerprint density at radius 2 is 2.05 bits per heavy atom. The molecule has 110 valence electrons. The maximum atomic E-state index is 12.1. The molecule has 20 heavy (non-hydrogen) atoms. The first-order chi connectivity index (χ1) is 9.41. The third kappa shape index (κ3) is 4.37. The normalized spacial score (nSPS) is 13.4. The van der Waals surface area contributed by atoms with Crippen LogP contribution in [0, 0.1) is 6.92 Å². The zero-order valence-corrected chi connectivity index (χ0v) is 12.7. The van der Waals surface area contributed by atoms with Gasteiger partial charge in [-0.05, 0) is 25.8 Å². The van der Waals surface area contributed by atoms with Gasteiger partial charge < -0.3 is 10.1 Å². The molecule has 4 heteroatoms. The van der Waals surface area contributed by atoms with Gasteiger partial charge in [0.1, 0.15) is 5.54 Å². The van der Waals surface area contributed by atoms with Crippen LogP contribution in [0.1, 0.15) is 37.8 Å². The molecule has 1 aromatic carbocycles. The van der Waals surface area contributed by atoms with E-state index in [-0.39, 0.29) is 12.3 Å². The molecular formula is C16H23NO3. The molecule has 0 heterocycles. The van der Waals surface area contributed by atoms with Crippen molar-refractivity contribution in [2.24, 2.45) is 0 Å². The van der Waals surface area contributed by atoms with Gasteiger partial charge in [0.05, 0.1) is 13.5 Å². The number of carbonyl (C=O) groups is 2. The Kier molecular flexibility index (Phi) is 5.74. The van der Waals surface area contributed by atoms with Crippen LogP contribution in [0.3, 0.4) is 0 Å². The molecule has 0 radical (unpaired) electrons. The zero-order valence-electron chi connectivity index (χ0n) is 12.7. The van der Waals surface area contributed by atoms with Crippen LogP contribution < -0.4 is 5.32 Å². The van der Waals surface area contributed by atoms with E-state index >= 15 is 0 Å². The Morgan fingerprint density at radius 3 is 2.60 bits per heavy atom. The summed E-state index contributed by atoms with van der Waals surface area (Å²) in [6.07, 6.45) is 1.60. The average Bonchev–Trinajstić information content (AvgIpc) is 2.37. The van der Waals surface area contributed by atoms with Gasteiger partial charge in [0.25, 0.3) is 0 Å². The predicted molar refractivity (Wildman–Crippen MR) is 78.4 cm³/mol. The SMILES string of the molecule is CCCC(C)(NC(=O)Cc1cccc(C)c1)C(=O)OC. The van der Waals surface area contributed by atoms with Crippen molar-refractivity contribution in [3.8, 4) is 0 Å². The Balaban J connectivity index is 2.74. The van der Waals surface area contributed by atoms with Gasteiger partial charge in [-0.3, -0.25) is 4.79 Å². The van der Waals surface area contributed by atoms with Gasteiger partial charge in [0.15, 0.2) is 0 Å². The van der Waals surface area contributed by atoms with E-state index in [1.165, 1.54) is 7.11 Å². The van der Waals surface area contributed by atoms with Crippen LogP contribution in [0.2, 0.25) is 0 Å². The standard InChI is InChI=1S/C16H23NO3/c1-5-9-16(3,15(19)20-4)17-14(18)11-13-8-6-7-12(2)10-13/h6-8,10H,5,9,11H2,1-4H3,(H,17,18). The van der Waals surface area contributed by atoms with Crippen LogP contribution in [0.25, 0.3) is 0 Å². The lowest BCUT2D eigenvalue weighted by Crippen LogP contribution is -2.53. The fraction of sp³-hybridized carbons (Fsp3) is 0.500. The Labute approximate surface area is 120 Å². The summed E-state index contributed by atoms with van der Waals surface area (Å²) >= 11 is 0. The van der Waals surface area contributed by atoms with Crippen LogP contribution in [0.15, 0.2) is 24.3 Å². The minimum absolute atomic E-state index is 0.169. The van der Waals surface area contributed by atoms with Gasteiger partial charge in [-0.2, -0.15) is 0 Å². The van der Waals surface area contributed by atoms with E-state index in [9.17, 15) is 9.59 Å². The molecule has 0 spiro atoms. The number of aryl methyl sites for hydroxylation is 1. The van der Waals surface area contributed by atoms with Gasteiger partial charge in [0.2, 0.25) is 5.91 Å². The van der Waals surface area contributed by atoms with Crippen LogP contribution in [-0.4, -0.2) is 24.5 Å². The maximum Gasteiger partial charge on any atom is 0.331 e. The summed E-state index contributed by atoms with van der Waals surface area (Å²) in [5.74, 6) is -0.575. The minimum atomic E-state index is -0.954. The molecule has 0 bridgehead atoms. The quantitative estimate of drug-likeness (QED) is 0.812. The molecule has 4 nitrogen and oxygen atoms in total. The molecule has 1 rings (SSSR count). The highest BCUT2D eigenvalue weighted by Crippen LogP contribution is 2.15. The minimum Gasteiger partial charge on any atom is -0.467 e. The molecule has 0 aliphatic carbocycles. The van der Waals surface area contributed by atoms with Crippen LogP contribution >= 0.6 is 0 Å². The van der Waals surface area contributed by atoms with Crippen molar-refractivity contribution in [1.82, 2.24) is 5.32 Å². The summed E-state index contributed by atoms with van der Waals surface area (Å²) in [7, 11) is 1.34. The fourth-order valence-electron chi connectivity index (χ4n) is 2.30. The number of hydrogen-bond acceptors (Lipinski definition) is 3. The second-order valence-corrected chi connectivity index (χ2v) is 5.29. The van der Waals surface area contributed by atoms with Gasteiger partial charge in [-0.1, -0.05) is 43.2 Å². The Morgan fingerprint density at radius 1 is 1.35 bits per heavy atom. The van der Waals surface area contributed by atoms with Gasteiger partial charge in [-0.15, -0.1) is 0 Å². The maximum absolute atomic E-state index is 12.1. The number of benzene rings is 1. The molecule has 1 amide bonds. The number of carbonyl (C=O) groups excluding carboxylic acids is 2. The van der Waals surface area contributed by atoms with Crippen molar-refractivity contribution < 1.29 is 14.3 Å². The van der Waals surface area contributed by atoms with E-state index in [0.717, 1.165) is 17.5 Å². The largest absolute Gasteiger partial charge is 0.467 e. The molecule has 1 N–H and O–H groups in total. The number of nitrogens with one attached hydrogen (secondary N) is 1. The van der Waals surface area contributed by atoms with Crippen molar-refractivity contribution in [2.75, 3.05) is 7.11 Å². The highest BCUT2D eigenvalue weighted by atomic mass is 16.5. The van der Waals surface area contributed by atoms with Gasteiger partial charge in [-0.25, -0.2) is 4.79 Å². The summed E-state index contributed by atoms with van der Waals surface area (Å²) in [5, 5.41) is 2.80. The van der Waals surface area contributed by atoms with Crippen molar-refractivity contribution in [2.45, 2.75) is 45.6 Å². The lowest BCUT2D eigenvalue weighted by molar-refractivity contribution is -0.150. The van der Waals surface area contributed by atoms with E-state index in [4.69, 9.17) is 4.74 Å². The number of hydrogen-bond donors (Lipinski definition) is 1. The summed E-state index contributed by atoms with van der Waals surface area (Å²) in [4.78, 5) is 23.9. The van der Waals surface area contributed by atoms with Crippen molar-refractivity contribution in [1.29, 1.82) is 0 Å². The van der Waals surface area contributed by atoms with Crippen molar-refractivity contribution in [3.63, 3.8) is 0 Å². The van der Waals surface area contributed by atoms with Gasteiger partial charge in [0, 0.05) is 0 Å². The summed E-state index contributed by atoms with van der Waals surface area (Å²) in [6, 6.07) is 7.78. The Hall–Kier alpha value is -1.84. The van der Waals surface area contributed by atoms with E-state index in [1.807, 2.05) is 38.1 Å². The monoisotopic (exact) mass is 277 g/mol. The number of methoxy groups -OCH3 is 1. The third-order valence-electron chi connectivity index (χ3n) is 3.25. The van der Waals surface area contributed by atoms with Crippen LogP contribution in [0.5, 0.6) is 0 Å². The molecule has 0 saturated carbocycles. The first kappa shape index (κ1) is 16.2. The lowest BCUT2D eigenvalue weighted by atomic mass is 9.95. The van der Waals surface area contributed by atoms with Crippen LogP contribution in [-0.2, 0) is 20.7 Å². The van der Waals surface area contributed by atoms with Crippen molar-refractivity contribution >= 4 is 11.9 Å².